The molecule has 2 aromatic carbocycles. The summed E-state index contributed by atoms with van der Waals surface area (Å²) in [5.74, 6) is 0.680. The normalized spacial score (nSPS) is 21.8. The summed E-state index contributed by atoms with van der Waals surface area (Å²) in [4.78, 5) is 0. The van der Waals surface area contributed by atoms with Crippen LogP contribution in [0.2, 0.25) is 5.02 Å². The van der Waals surface area contributed by atoms with Crippen molar-refractivity contribution in [3.63, 3.8) is 0 Å². The molecule has 1 fully saturated rings. The molecule has 1 nitrogen and oxygen atoms in total. The number of hydrogen-bond donors (Lipinski definition) is 1. The average molecular weight is 272 g/mol. The average Bonchev–Trinajstić information content (AvgIpc) is 2.35. The summed E-state index contributed by atoms with van der Waals surface area (Å²) in [5, 5.41) is 4.42. The fraction of sp³-hybridized carbons (Fsp3) is 0.294. The van der Waals surface area contributed by atoms with Gasteiger partial charge < -0.3 is 5.32 Å². The van der Waals surface area contributed by atoms with Gasteiger partial charge in [-0.2, -0.15) is 0 Å². The maximum absolute atomic E-state index is 5.92. The Morgan fingerprint density at radius 1 is 1.05 bits per heavy atom. The van der Waals surface area contributed by atoms with Gasteiger partial charge in [-0.25, -0.2) is 0 Å². The van der Waals surface area contributed by atoms with Crippen LogP contribution < -0.4 is 5.32 Å². The van der Waals surface area contributed by atoms with Crippen LogP contribution in [0.4, 0.5) is 5.69 Å². The summed E-state index contributed by atoms with van der Waals surface area (Å²) in [5.41, 5.74) is 3.95. The lowest BCUT2D eigenvalue weighted by Crippen LogP contribution is -2.33. The van der Waals surface area contributed by atoms with E-state index in [1.165, 1.54) is 29.7 Å². The molecule has 0 aromatic heterocycles. The highest BCUT2D eigenvalue weighted by atomic mass is 35.5. The van der Waals surface area contributed by atoms with Crippen molar-refractivity contribution < 1.29 is 0 Å². The second-order valence-electron chi connectivity index (χ2n) is 5.43. The molecule has 0 aliphatic heterocycles. The Morgan fingerprint density at radius 2 is 1.79 bits per heavy atom. The largest absolute Gasteiger partial charge is 0.382 e. The van der Waals surface area contributed by atoms with Gasteiger partial charge in [0.05, 0.1) is 0 Å². The van der Waals surface area contributed by atoms with Crippen LogP contribution in [-0.2, 0) is 0 Å². The summed E-state index contributed by atoms with van der Waals surface area (Å²) < 4.78 is 0. The smallest absolute Gasteiger partial charge is 0.0406 e. The minimum atomic E-state index is 0.600. The third-order valence-electron chi connectivity index (χ3n) is 3.87. The van der Waals surface area contributed by atoms with Crippen LogP contribution in [-0.4, -0.2) is 6.04 Å². The fourth-order valence-corrected chi connectivity index (χ4v) is 2.84. The van der Waals surface area contributed by atoms with Gasteiger partial charge in [0, 0.05) is 16.8 Å². The van der Waals surface area contributed by atoms with E-state index < -0.39 is 0 Å². The van der Waals surface area contributed by atoms with Crippen molar-refractivity contribution in [2.45, 2.75) is 31.7 Å². The van der Waals surface area contributed by atoms with Crippen LogP contribution >= 0.6 is 11.6 Å². The first-order valence-electron chi connectivity index (χ1n) is 6.79. The third-order valence-corrected chi connectivity index (χ3v) is 4.12. The van der Waals surface area contributed by atoms with E-state index in [-0.39, 0.29) is 0 Å². The summed E-state index contributed by atoms with van der Waals surface area (Å²) in [6.07, 6.45) is 2.41. The third kappa shape index (κ3) is 2.93. The van der Waals surface area contributed by atoms with Gasteiger partial charge in [-0.15, -0.1) is 0 Å². The van der Waals surface area contributed by atoms with E-state index in [2.05, 4.69) is 48.6 Å². The molecule has 1 aliphatic rings. The molecule has 1 aliphatic carbocycles. The van der Waals surface area contributed by atoms with E-state index in [1.54, 1.807) is 0 Å². The minimum Gasteiger partial charge on any atom is -0.382 e. The van der Waals surface area contributed by atoms with Gasteiger partial charge >= 0.3 is 0 Å². The first-order valence-corrected chi connectivity index (χ1v) is 7.17. The number of anilines is 1. The molecule has 2 aromatic rings. The van der Waals surface area contributed by atoms with Crippen LogP contribution in [0.5, 0.6) is 0 Å². The summed E-state index contributed by atoms with van der Waals surface area (Å²) in [6, 6.07) is 17.4. The molecule has 0 bridgehead atoms. The van der Waals surface area contributed by atoms with Crippen molar-refractivity contribution in [2.75, 3.05) is 5.32 Å². The molecule has 1 N–H and O–H groups in total. The lowest BCUT2D eigenvalue weighted by molar-refractivity contribution is 0.374. The van der Waals surface area contributed by atoms with E-state index in [0.717, 1.165) is 5.02 Å². The highest BCUT2D eigenvalue weighted by Gasteiger charge is 2.29. The zero-order chi connectivity index (χ0) is 13.2. The molecule has 0 saturated heterocycles. The van der Waals surface area contributed by atoms with E-state index in [0.29, 0.717) is 12.0 Å². The lowest BCUT2D eigenvalue weighted by atomic mass is 9.76. The van der Waals surface area contributed by atoms with Gasteiger partial charge in [0.15, 0.2) is 0 Å². The quantitative estimate of drug-likeness (QED) is 0.828. The van der Waals surface area contributed by atoms with Gasteiger partial charge in [0.1, 0.15) is 0 Å². The molecule has 3 rings (SSSR count). The van der Waals surface area contributed by atoms with Gasteiger partial charge in [-0.3, -0.25) is 0 Å². The van der Waals surface area contributed by atoms with E-state index in [9.17, 15) is 0 Å². The Hall–Kier alpha value is -1.47. The zero-order valence-electron chi connectivity index (χ0n) is 11.1. The molecule has 1 saturated carbocycles. The molecule has 0 atom stereocenters. The summed E-state index contributed by atoms with van der Waals surface area (Å²) in [7, 11) is 0. The maximum atomic E-state index is 5.92. The number of benzene rings is 2. The number of nitrogens with one attached hydrogen (secondary N) is 1. The van der Waals surface area contributed by atoms with Crippen LogP contribution in [0.15, 0.2) is 48.5 Å². The molecule has 0 spiro atoms. The highest BCUT2D eigenvalue weighted by molar-refractivity contribution is 6.30. The second-order valence-corrected chi connectivity index (χ2v) is 5.87. The van der Waals surface area contributed by atoms with E-state index in [1.807, 2.05) is 12.1 Å². The van der Waals surface area contributed by atoms with Crippen LogP contribution in [0, 0.1) is 6.92 Å². The number of halogens is 1. The molecule has 2 heteroatoms. The van der Waals surface area contributed by atoms with Crippen LogP contribution in [0.1, 0.15) is 29.9 Å². The van der Waals surface area contributed by atoms with E-state index in [4.69, 9.17) is 11.6 Å². The minimum absolute atomic E-state index is 0.600. The van der Waals surface area contributed by atoms with Gasteiger partial charge in [-0.1, -0.05) is 35.9 Å². The Labute approximate surface area is 119 Å². The summed E-state index contributed by atoms with van der Waals surface area (Å²) in [6.45, 7) is 2.13. The Kier molecular flexibility index (Phi) is 3.48. The first-order chi connectivity index (χ1) is 9.20. The monoisotopic (exact) mass is 271 g/mol. The van der Waals surface area contributed by atoms with E-state index >= 15 is 0 Å². The van der Waals surface area contributed by atoms with Crippen molar-refractivity contribution >= 4 is 17.3 Å². The van der Waals surface area contributed by atoms with Crippen LogP contribution in [0.3, 0.4) is 0 Å². The first kappa shape index (κ1) is 12.6. The standard InChI is InChI=1S/C17H18ClN/c1-12-3-2-4-16(9-12)19-17-10-14(11-17)13-5-7-15(18)8-6-13/h2-9,14,17,19H,10-11H2,1H3. The molecule has 19 heavy (non-hydrogen) atoms. The molecule has 0 heterocycles. The van der Waals surface area contributed by atoms with Crippen LogP contribution in [0.25, 0.3) is 0 Å². The highest BCUT2D eigenvalue weighted by Crippen LogP contribution is 2.38. The second kappa shape index (κ2) is 5.26. The number of aryl methyl sites for hydroxylation is 1. The van der Waals surface area contributed by atoms with Crippen molar-refractivity contribution in [1.82, 2.24) is 0 Å². The topological polar surface area (TPSA) is 12.0 Å². The molecule has 0 amide bonds. The SMILES string of the molecule is Cc1cccc(NC2CC(c3ccc(Cl)cc3)C2)c1. The number of rotatable bonds is 3. The van der Waals surface area contributed by atoms with Crippen molar-refractivity contribution in [2.24, 2.45) is 0 Å². The lowest BCUT2D eigenvalue weighted by Gasteiger charge is -2.37. The Bertz CT molecular complexity index is 556. The number of hydrogen-bond acceptors (Lipinski definition) is 1. The van der Waals surface area contributed by atoms with Crippen molar-refractivity contribution in [3.05, 3.63) is 64.7 Å². The molecular formula is C17H18ClN. The molecule has 0 radical (unpaired) electrons. The summed E-state index contributed by atoms with van der Waals surface area (Å²) >= 11 is 5.92. The maximum Gasteiger partial charge on any atom is 0.0406 e. The zero-order valence-corrected chi connectivity index (χ0v) is 11.8. The predicted molar refractivity (Wildman–Crippen MR) is 82.0 cm³/mol. The van der Waals surface area contributed by atoms with Gasteiger partial charge in [0.2, 0.25) is 0 Å². The van der Waals surface area contributed by atoms with Gasteiger partial charge in [0.25, 0.3) is 0 Å². The Morgan fingerprint density at radius 3 is 2.47 bits per heavy atom. The van der Waals surface area contributed by atoms with Crippen molar-refractivity contribution in [1.29, 1.82) is 0 Å². The van der Waals surface area contributed by atoms with Crippen molar-refractivity contribution in [3.8, 4) is 0 Å². The molecule has 98 valence electrons. The predicted octanol–water partition coefficient (Wildman–Crippen LogP) is 5.01. The van der Waals surface area contributed by atoms with Gasteiger partial charge in [-0.05, 0) is 61.1 Å². The fourth-order valence-electron chi connectivity index (χ4n) is 2.71. The molecule has 0 unspecified atom stereocenters. The molecular weight excluding hydrogens is 254 g/mol. The Balaban J connectivity index is 1.57.